The summed E-state index contributed by atoms with van der Waals surface area (Å²) in [5.41, 5.74) is 1.05. The van der Waals surface area contributed by atoms with Gasteiger partial charge in [0.2, 0.25) is 0 Å². The van der Waals surface area contributed by atoms with Crippen LogP contribution >= 0.6 is 0 Å². The van der Waals surface area contributed by atoms with Crippen LogP contribution in [0.4, 0.5) is 0 Å². The normalized spacial score (nSPS) is 24.9. The lowest BCUT2D eigenvalue weighted by Gasteiger charge is -2.41. The van der Waals surface area contributed by atoms with Gasteiger partial charge in [-0.3, -0.25) is 4.79 Å². The Balaban J connectivity index is 1.66. The summed E-state index contributed by atoms with van der Waals surface area (Å²) in [5, 5.41) is 0. The molecule has 1 heterocycles. The van der Waals surface area contributed by atoms with Gasteiger partial charge in [-0.15, -0.1) is 0 Å². The van der Waals surface area contributed by atoms with Crippen molar-refractivity contribution >= 4 is 5.78 Å². The van der Waals surface area contributed by atoms with Gasteiger partial charge in [0, 0.05) is 13.0 Å². The molecule has 1 atom stereocenters. The first-order valence-electron chi connectivity index (χ1n) is 7.52. The minimum Gasteiger partial charge on any atom is -0.378 e. The van der Waals surface area contributed by atoms with Crippen molar-refractivity contribution in [2.24, 2.45) is 0 Å². The van der Waals surface area contributed by atoms with Crippen LogP contribution in [0.5, 0.6) is 0 Å². The van der Waals surface area contributed by atoms with E-state index in [1.807, 2.05) is 18.2 Å². The average molecular weight is 258 g/mol. The van der Waals surface area contributed by atoms with Gasteiger partial charge >= 0.3 is 0 Å². The first-order valence-corrected chi connectivity index (χ1v) is 7.52. The van der Waals surface area contributed by atoms with Crippen LogP contribution < -0.4 is 0 Å². The fourth-order valence-corrected chi connectivity index (χ4v) is 3.42. The van der Waals surface area contributed by atoms with E-state index in [0.29, 0.717) is 18.3 Å². The third kappa shape index (κ3) is 2.46. The predicted molar refractivity (Wildman–Crippen MR) is 75.2 cm³/mol. The molecule has 0 bridgehead atoms. The van der Waals surface area contributed by atoms with E-state index in [4.69, 9.17) is 4.74 Å². The molecule has 1 saturated heterocycles. The second-order valence-corrected chi connectivity index (χ2v) is 5.90. The van der Waals surface area contributed by atoms with E-state index in [0.717, 1.165) is 38.7 Å². The van der Waals surface area contributed by atoms with Crippen molar-refractivity contribution in [3.05, 3.63) is 35.9 Å². The Labute approximate surface area is 115 Å². The van der Waals surface area contributed by atoms with Crippen LogP contribution in [0.3, 0.4) is 0 Å². The van der Waals surface area contributed by atoms with Crippen LogP contribution in [-0.2, 0) is 14.9 Å². The molecule has 1 unspecified atom stereocenters. The van der Waals surface area contributed by atoms with Crippen molar-refractivity contribution in [3.8, 4) is 0 Å². The van der Waals surface area contributed by atoms with E-state index in [-0.39, 0.29) is 5.41 Å². The van der Waals surface area contributed by atoms with Crippen LogP contribution in [0.2, 0.25) is 0 Å². The van der Waals surface area contributed by atoms with E-state index in [1.165, 1.54) is 12.0 Å². The lowest BCUT2D eigenvalue weighted by molar-refractivity contribution is -0.128. The maximum atomic E-state index is 12.6. The molecule has 19 heavy (non-hydrogen) atoms. The van der Waals surface area contributed by atoms with Gasteiger partial charge in [0.1, 0.15) is 5.78 Å². The standard InChI is InChI=1S/C17H22O2/c18-16(10-9-15-8-4-13-19-15)17(11-5-12-17)14-6-2-1-3-7-14/h1-3,6-7,15H,4-5,8-13H2. The molecule has 2 nitrogen and oxygen atoms in total. The lowest BCUT2D eigenvalue weighted by atomic mass is 9.61. The van der Waals surface area contributed by atoms with Gasteiger partial charge in [0.15, 0.2) is 0 Å². The fourth-order valence-electron chi connectivity index (χ4n) is 3.42. The zero-order valence-corrected chi connectivity index (χ0v) is 11.4. The van der Waals surface area contributed by atoms with E-state index in [2.05, 4.69) is 12.1 Å². The predicted octanol–water partition coefficient (Wildman–Crippen LogP) is 3.64. The molecule has 1 aliphatic heterocycles. The Morgan fingerprint density at radius 2 is 2.00 bits per heavy atom. The number of carbonyl (C=O) groups excluding carboxylic acids is 1. The van der Waals surface area contributed by atoms with Gasteiger partial charge in [-0.1, -0.05) is 36.8 Å². The van der Waals surface area contributed by atoms with Crippen LogP contribution in [-0.4, -0.2) is 18.5 Å². The maximum Gasteiger partial charge on any atom is 0.143 e. The Bertz CT molecular complexity index is 428. The summed E-state index contributed by atoms with van der Waals surface area (Å²) in [6.45, 7) is 0.878. The molecule has 2 fully saturated rings. The average Bonchev–Trinajstić information content (AvgIpc) is 2.89. The molecule has 0 amide bonds. The molecule has 2 aliphatic rings. The maximum absolute atomic E-state index is 12.6. The smallest absolute Gasteiger partial charge is 0.143 e. The number of hydrogen-bond donors (Lipinski definition) is 0. The Hall–Kier alpha value is -1.15. The van der Waals surface area contributed by atoms with Crippen molar-refractivity contribution in [1.82, 2.24) is 0 Å². The molecule has 102 valence electrons. The Morgan fingerprint density at radius 1 is 1.21 bits per heavy atom. The second kappa shape index (κ2) is 5.46. The topological polar surface area (TPSA) is 26.3 Å². The van der Waals surface area contributed by atoms with Crippen molar-refractivity contribution in [2.45, 2.75) is 56.5 Å². The zero-order valence-electron chi connectivity index (χ0n) is 11.4. The third-order valence-electron chi connectivity index (χ3n) is 4.78. The summed E-state index contributed by atoms with van der Waals surface area (Å²) in [6.07, 6.45) is 7.45. The van der Waals surface area contributed by atoms with Crippen molar-refractivity contribution in [3.63, 3.8) is 0 Å². The molecule has 2 heteroatoms. The van der Waals surface area contributed by atoms with Crippen LogP contribution in [0, 0.1) is 0 Å². The van der Waals surface area contributed by atoms with Gasteiger partial charge < -0.3 is 4.74 Å². The Morgan fingerprint density at radius 3 is 2.58 bits per heavy atom. The minimum absolute atomic E-state index is 0.167. The summed E-state index contributed by atoms with van der Waals surface area (Å²) in [4.78, 5) is 12.6. The molecule has 1 aromatic rings. The van der Waals surface area contributed by atoms with Gasteiger partial charge in [-0.05, 0) is 37.7 Å². The molecule has 0 spiro atoms. The summed E-state index contributed by atoms with van der Waals surface area (Å²) < 4.78 is 5.62. The lowest BCUT2D eigenvalue weighted by Crippen LogP contribution is -2.42. The molecule has 1 saturated carbocycles. The zero-order chi connectivity index (χ0) is 13.1. The van der Waals surface area contributed by atoms with Gasteiger partial charge in [-0.25, -0.2) is 0 Å². The van der Waals surface area contributed by atoms with Crippen molar-refractivity contribution in [2.75, 3.05) is 6.61 Å². The fraction of sp³-hybridized carbons (Fsp3) is 0.588. The highest BCUT2D eigenvalue weighted by atomic mass is 16.5. The van der Waals surface area contributed by atoms with Crippen LogP contribution in [0.15, 0.2) is 30.3 Å². The SMILES string of the molecule is O=C(CCC1CCCO1)C1(c2ccccc2)CCC1. The molecule has 1 aromatic carbocycles. The number of rotatable bonds is 5. The van der Waals surface area contributed by atoms with Crippen molar-refractivity contribution in [1.29, 1.82) is 0 Å². The molecule has 0 aromatic heterocycles. The molecule has 0 N–H and O–H groups in total. The molecule has 3 rings (SSSR count). The monoisotopic (exact) mass is 258 g/mol. The van der Waals surface area contributed by atoms with E-state index in [9.17, 15) is 4.79 Å². The van der Waals surface area contributed by atoms with Gasteiger partial charge in [-0.2, -0.15) is 0 Å². The van der Waals surface area contributed by atoms with Crippen LogP contribution in [0.1, 0.15) is 50.5 Å². The quantitative estimate of drug-likeness (QED) is 0.806. The summed E-state index contributed by atoms with van der Waals surface area (Å²) in [5.74, 6) is 0.431. The first-order chi connectivity index (χ1) is 9.31. The highest BCUT2D eigenvalue weighted by molar-refractivity contribution is 5.91. The largest absolute Gasteiger partial charge is 0.378 e. The second-order valence-electron chi connectivity index (χ2n) is 5.90. The Kier molecular flexibility index (Phi) is 3.69. The molecular weight excluding hydrogens is 236 g/mol. The highest BCUT2D eigenvalue weighted by Crippen LogP contribution is 2.45. The summed E-state index contributed by atoms with van der Waals surface area (Å²) in [7, 11) is 0. The number of benzene rings is 1. The first kappa shape index (κ1) is 12.9. The van der Waals surface area contributed by atoms with Crippen molar-refractivity contribution < 1.29 is 9.53 Å². The summed E-state index contributed by atoms with van der Waals surface area (Å²) in [6, 6.07) is 10.3. The highest BCUT2D eigenvalue weighted by Gasteiger charge is 2.44. The van der Waals surface area contributed by atoms with E-state index < -0.39 is 0 Å². The minimum atomic E-state index is -0.167. The van der Waals surface area contributed by atoms with Crippen LogP contribution in [0.25, 0.3) is 0 Å². The number of ketones is 1. The molecular formula is C17H22O2. The molecule has 0 radical (unpaired) electrons. The number of hydrogen-bond acceptors (Lipinski definition) is 2. The number of Topliss-reactive ketones (excluding diaryl/α,β-unsaturated/α-hetero) is 1. The molecule has 1 aliphatic carbocycles. The summed E-state index contributed by atoms with van der Waals surface area (Å²) >= 11 is 0. The van der Waals surface area contributed by atoms with Gasteiger partial charge in [0.25, 0.3) is 0 Å². The van der Waals surface area contributed by atoms with Gasteiger partial charge in [0.05, 0.1) is 11.5 Å². The third-order valence-corrected chi connectivity index (χ3v) is 4.78. The van der Waals surface area contributed by atoms with E-state index >= 15 is 0 Å². The number of carbonyl (C=O) groups is 1. The van der Waals surface area contributed by atoms with E-state index in [1.54, 1.807) is 0 Å². The number of ether oxygens (including phenoxy) is 1.